The summed E-state index contributed by atoms with van der Waals surface area (Å²) >= 11 is 1.94. The van der Waals surface area contributed by atoms with E-state index in [4.69, 9.17) is 0 Å². The molecule has 1 aromatic rings. The molecule has 2 nitrogen and oxygen atoms in total. The maximum Gasteiger partial charge on any atom is 0.0332 e. The molecule has 18 heavy (non-hydrogen) atoms. The smallest absolute Gasteiger partial charge is 0.0332 e. The number of nitrogens with zero attached hydrogens (tertiary/aromatic N) is 1. The second-order valence-corrected chi connectivity index (χ2v) is 7.40. The first kappa shape index (κ1) is 14.0. The molecule has 0 amide bonds. The minimum absolute atomic E-state index is 0.649. The van der Waals surface area contributed by atoms with Crippen molar-refractivity contribution in [2.45, 2.75) is 52.7 Å². The molecule has 2 rings (SSSR count). The van der Waals surface area contributed by atoms with Gasteiger partial charge in [0.05, 0.1) is 0 Å². The van der Waals surface area contributed by atoms with Gasteiger partial charge in [-0.25, -0.2) is 0 Å². The molecule has 1 N–H and O–H groups in total. The van der Waals surface area contributed by atoms with Crippen LogP contribution in [0.1, 0.15) is 36.9 Å². The molecule has 0 bridgehead atoms. The van der Waals surface area contributed by atoms with Crippen LogP contribution in [-0.2, 0) is 6.54 Å². The van der Waals surface area contributed by atoms with Crippen LogP contribution >= 0.6 is 11.3 Å². The van der Waals surface area contributed by atoms with Gasteiger partial charge in [0.25, 0.3) is 0 Å². The van der Waals surface area contributed by atoms with Crippen molar-refractivity contribution >= 4 is 11.3 Å². The van der Waals surface area contributed by atoms with Gasteiger partial charge in [0.2, 0.25) is 0 Å². The Hall–Kier alpha value is -0.380. The zero-order chi connectivity index (χ0) is 13.1. The van der Waals surface area contributed by atoms with E-state index in [0.717, 1.165) is 19.0 Å². The standard InChI is InChI=1S/C15H26N2S/c1-11(2)7-14-9-17(12(3)8-16-14)10-15-6-5-13(4)18-15/h5-6,11-12,14,16H,7-10H2,1-4H3. The summed E-state index contributed by atoms with van der Waals surface area (Å²) in [7, 11) is 0. The average Bonchev–Trinajstić information content (AvgIpc) is 2.68. The Labute approximate surface area is 115 Å². The van der Waals surface area contributed by atoms with E-state index >= 15 is 0 Å². The fourth-order valence-corrected chi connectivity index (χ4v) is 3.63. The highest BCUT2D eigenvalue weighted by Crippen LogP contribution is 2.20. The van der Waals surface area contributed by atoms with E-state index < -0.39 is 0 Å². The number of nitrogens with one attached hydrogen (secondary N) is 1. The molecule has 3 heteroatoms. The normalized spacial score (nSPS) is 25.8. The Kier molecular flexibility index (Phi) is 4.82. The van der Waals surface area contributed by atoms with Crippen molar-refractivity contribution in [3.8, 4) is 0 Å². The van der Waals surface area contributed by atoms with Crippen LogP contribution in [-0.4, -0.2) is 30.1 Å². The largest absolute Gasteiger partial charge is 0.311 e. The second-order valence-electron chi connectivity index (χ2n) is 6.03. The van der Waals surface area contributed by atoms with E-state index in [9.17, 15) is 0 Å². The van der Waals surface area contributed by atoms with Crippen LogP contribution < -0.4 is 5.32 Å². The van der Waals surface area contributed by atoms with E-state index in [0.29, 0.717) is 12.1 Å². The molecular weight excluding hydrogens is 240 g/mol. The lowest BCUT2D eigenvalue weighted by Crippen LogP contribution is -2.55. The van der Waals surface area contributed by atoms with Crippen LogP contribution in [0.25, 0.3) is 0 Å². The highest BCUT2D eigenvalue weighted by molar-refractivity contribution is 7.11. The van der Waals surface area contributed by atoms with Gasteiger partial charge in [-0.1, -0.05) is 13.8 Å². The maximum absolute atomic E-state index is 3.68. The van der Waals surface area contributed by atoms with E-state index in [2.05, 4.69) is 50.0 Å². The molecule has 0 spiro atoms. The molecule has 1 aromatic heterocycles. The molecule has 2 unspecified atom stereocenters. The Bertz CT molecular complexity index is 372. The first-order valence-corrected chi connectivity index (χ1v) is 7.89. The minimum Gasteiger partial charge on any atom is -0.311 e. The number of thiophene rings is 1. The highest BCUT2D eigenvalue weighted by atomic mass is 32.1. The van der Waals surface area contributed by atoms with Gasteiger partial charge in [-0.05, 0) is 38.3 Å². The second kappa shape index (κ2) is 6.18. The third-order valence-electron chi connectivity index (χ3n) is 3.69. The molecule has 0 aromatic carbocycles. The lowest BCUT2D eigenvalue weighted by Gasteiger charge is -2.39. The zero-order valence-electron chi connectivity index (χ0n) is 12.1. The van der Waals surface area contributed by atoms with Crippen molar-refractivity contribution in [3.63, 3.8) is 0 Å². The number of rotatable bonds is 4. The number of aryl methyl sites for hydroxylation is 1. The molecule has 1 aliphatic heterocycles. The molecular formula is C15H26N2S. The van der Waals surface area contributed by atoms with Gasteiger partial charge in [-0.3, -0.25) is 4.90 Å². The van der Waals surface area contributed by atoms with Crippen LogP contribution in [0.4, 0.5) is 0 Å². The van der Waals surface area contributed by atoms with Gasteiger partial charge < -0.3 is 5.32 Å². The van der Waals surface area contributed by atoms with Gasteiger partial charge in [0.1, 0.15) is 0 Å². The summed E-state index contributed by atoms with van der Waals surface area (Å²) in [6, 6.07) is 5.84. The zero-order valence-corrected chi connectivity index (χ0v) is 12.9. The Morgan fingerprint density at radius 2 is 2.22 bits per heavy atom. The van der Waals surface area contributed by atoms with E-state index in [1.165, 1.54) is 22.7 Å². The molecule has 0 radical (unpaired) electrons. The van der Waals surface area contributed by atoms with Crippen molar-refractivity contribution in [2.24, 2.45) is 5.92 Å². The summed E-state index contributed by atoms with van der Waals surface area (Å²) in [5, 5.41) is 3.68. The fraction of sp³-hybridized carbons (Fsp3) is 0.733. The van der Waals surface area contributed by atoms with E-state index in [-0.39, 0.29) is 0 Å². The van der Waals surface area contributed by atoms with Crippen molar-refractivity contribution in [2.75, 3.05) is 13.1 Å². The number of piperazine rings is 1. The predicted molar refractivity (Wildman–Crippen MR) is 80.2 cm³/mol. The third kappa shape index (κ3) is 3.81. The van der Waals surface area contributed by atoms with Gasteiger partial charge in [0, 0.05) is 41.5 Å². The molecule has 1 saturated heterocycles. The Balaban J connectivity index is 1.93. The van der Waals surface area contributed by atoms with Gasteiger partial charge >= 0.3 is 0 Å². The first-order chi connectivity index (χ1) is 8.54. The van der Waals surface area contributed by atoms with Crippen LogP contribution in [0.3, 0.4) is 0 Å². The summed E-state index contributed by atoms with van der Waals surface area (Å²) < 4.78 is 0. The van der Waals surface area contributed by atoms with Crippen molar-refractivity contribution < 1.29 is 0 Å². The summed E-state index contributed by atoms with van der Waals surface area (Å²) in [4.78, 5) is 5.56. The molecule has 0 saturated carbocycles. The topological polar surface area (TPSA) is 15.3 Å². The van der Waals surface area contributed by atoms with E-state index in [1.807, 2.05) is 11.3 Å². The number of hydrogen-bond acceptors (Lipinski definition) is 3. The van der Waals surface area contributed by atoms with Crippen molar-refractivity contribution in [3.05, 3.63) is 21.9 Å². The van der Waals surface area contributed by atoms with Gasteiger partial charge in [-0.15, -0.1) is 11.3 Å². The maximum atomic E-state index is 3.68. The predicted octanol–water partition coefficient (Wildman–Crippen LogP) is 3.26. The van der Waals surface area contributed by atoms with Gasteiger partial charge in [-0.2, -0.15) is 0 Å². The van der Waals surface area contributed by atoms with Crippen LogP contribution in [0.15, 0.2) is 12.1 Å². The summed E-state index contributed by atoms with van der Waals surface area (Å²) in [5.41, 5.74) is 0. The average molecular weight is 266 g/mol. The third-order valence-corrected chi connectivity index (χ3v) is 4.68. The molecule has 2 heterocycles. The molecule has 1 fully saturated rings. The van der Waals surface area contributed by atoms with Crippen LogP contribution in [0.2, 0.25) is 0 Å². The highest BCUT2D eigenvalue weighted by Gasteiger charge is 2.25. The minimum atomic E-state index is 0.649. The van der Waals surface area contributed by atoms with Crippen molar-refractivity contribution in [1.29, 1.82) is 0 Å². The van der Waals surface area contributed by atoms with Crippen molar-refractivity contribution in [1.82, 2.24) is 10.2 Å². The Morgan fingerprint density at radius 3 is 2.83 bits per heavy atom. The summed E-state index contributed by atoms with van der Waals surface area (Å²) in [6.07, 6.45) is 1.28. The SMILES string of the molecule is Cc1ccc(CN2CC(CC(C)C)NCC2C)s1. The van der Waals surface area contributed by atoms with Gasteiger partial charge in [0.15, 0.2) is 0 Å². The summed E-state index contributed by atoms with van der Waals surface area (Å²) in [5.74, 6) is 0.779. The summed E-state index contributed by atoms with van der Waals surface area (Å²) in [6.45, 7) is 12.6. The quantitative estimate of drug-likeness (QED) is 0.900. The monoisotopic (exact) mass is 266 g/mol. The molecule has 0 aliphatic carbocycles. The fourth-order valence-electron chi connectivity index (χ4n) is 2.71. The lowest BCUT2D eigenvalue weighted by molar-refractivity contribution is 0.126. The first-order valence-electron chi connectivity index (χ1n) is 7.07. The molecule has 1 aliphatic rings. The van der Waals surface area contributed by atoms with Crippen LogP contribution in [0.5, 0.6) is 0 Å². The number of hydrogen-bond donors (Lipinski definition) is 1. The molecule has 102 valence electrons. The van der Waals surface area contributed by atoms with E-state index in [1.54, 1.807) is 0 Å². The Morgan fingerprint density at radius 1 is 1.44 bits per heavy atom. The van der Waals surface area contributed by atoms with Crippen LogP contribution in [0, 0.1) is 12.8 Å². The molecule has 2 atom stereocenters. The lowest BCUT2D eigenvalue weighted by atomic mass is 10.00.